The molecule has 156 valence electrons. The van der Waals surface area contributed by atoms with Gasteiger partial charge in [-0.3, -0.25) is 4.90 Å². The monoisotopic (exact) mass is 391 g/mol. The molecular weight excluding hydrogens is 354 g/mol. The molecule has 2 unspecified atom stereocenters. The minimum absolute atomic E-state index is 0.241. The molecule has 0 spiro atoms. The Kier molecular flexibility index (Phi) is 7.05. The summed E-state index contributed by atoms with van der Waals surface area (Å²) in [6, 6.07) is 23.2. The highest BCUT2D eigenvalue weighted by atomic mass is 16.5. The van der Waals surface area contributed by atoms with Crippen LogP contribution < -0.4 is 0 Å². The van der Waals surface area contributed by atoms with Crippen molar-refractivity contribution < 1.29 is 4.74 Å². The quantitative estimate of drug-likeness (QED) is 0.489. The molecule has 2 saturated heterocycles. The van der Waals surface area contributed by atoms with Crippen LogP contribution in [-0.2, 0) is 11.2 Å². The Labute approximate surface area is 177 Å². The molecule has 0 radical (unpaired) electrons. The van der Waals surface area contributed by atoms with Crippen LogP contribution in [0.5, 0.6) is 0 Å². The van der Waals surface area contributed by atoms with E-state index in [-0.39, 0.29) is 6.10 Å². The first-order valence-electron chi connectivity index (χ1n) is 11.7. The van der Waals surface area contributed by atoms with Gasteiger partial charge in [-0.1, -0.05) is 74.5 Å². The van der Waals surface area contributed by atoms with Crippen molar-refractivity contribution in [3.8, 4) is 0 Å². The molecule has 2 aromatic carbocycles. The first-order valence-corrected chi connectivity index (χ1v) is 11.7. The molecule has 0 saturated carbocycles. The summed E-state index contributed by atoms with van der Waals surface area (Å²) in [6.45, 7) is 5.85. The smallest absolute Gasteiger partial charge is 0.0831 e. The van der Waals surface area contributed by atoms with Crippen LogP contribution in [0, 0.1) is 5.92 Å². The predicted molar refractivity (Wildman–Crippen MR) is 121 cm³/mol. The van der Waals surface area contributed by atoms with Crippen molar-refractivity contribution >= 4 is 0 Å². The lowest BCUT2D eigenvalue weighted by Gasteiger charge is -2.40. The van der Waals surface area contributed by atoms with E-state index in [2.05, 4.69) is 79.4 Å². The minimum Gasteiger partial charge on any atom is -0.370 e. The highest BCUT2D eigenvalue weighted by Crippen LogP contribution is 2.39. The number of fused-ring (bicyclic) bond motifs is 2. The van der Waals surface area contributed by atoms with Gasteiger partial charge in [0.2, 0.25) is 0 Å². The van der Waals surface area contributed by atoms with Crippen LogP contribution in [0.25, 0.3) is 0 Å². The van der Waals surface area contributed by atoms with E-state index in [0.29, 0.717) is 12.0 Å². The molecule has 29 heavy (non-hydrogen) atoms. The Morgan fingerprint density at radius 1 is 0.897 bits per heavy atom. The van der Waals surface area contributed by atoms with Gasteiger partial charge < -0.3 is 4.74 Å². The molecule has 2 bridgehead atoms. The first-order chi connectivity index (χ1) is 14.2. The molecule has 0 aromatic heterocycles. The van der Waals surface area contributed by atoms with Gasteiger partial charge in [0.05, 0.1) is 12.2 Å². The van der Waals surface area contributed by atoms with Crippen molar-refractivity contribution in [3.63, 3.8) is 0 Å². The SMILES string of the molecule is CC(C)CC(OC1C[C@H]2CC[C@@H](C1)N2CCCc1ccccc1)c1ccccc1. The fourth-order valence-electron chi connectivity index (χ4n) is 5.41. The summed E-state index contributed by atoms with van der Waals surface area (Å²) in [5.41, 5.74) is 2.82. The zero-order valence-corrected chi connectivity index (χ0v) is 18.2. The van der Waals surface area contributed by atoms with E-state index in [4.69, 9.17) is 4.74 Å². The lowest BCUT2D eigenvalue weighted by molar-refractivity contribution is -0.0689. The predicted octanol–water partition coefficient (Wildman–Crippen LogP) is 6.42. The summed E-state index contributed by atoms with van der Waals surface area (Å²) in [4.78, 5) is 2.81. The van der Waals surface area contributed by atoms with Crippen molar-refractivity contribution in [1.29, 1.82) is 0 Å². The van der Waals surface area contributed by atoms with Gasteiger partial charge in [0, 0.05) is 12.1 Å². The van der Waals surface area contributed by atoms with Crippen LogP contribution in [0.15, 0.2) is 60.7 Å². The third kappa shape index (κ3) is 5.49. The van der Waals surface area contributed by atoms with Gasteiger partial charge >= 0.3 is 0 Å². The van der Waals surface area contributed by atoms with Crippen molar-refractivity contribution in [2.45, 2.75) is 83.1 Å². The number of nitrogens with zero attached hydrogens (tertiary/aromatic N) is 1. The first kappa shape index (κ1) is 20.6. The number of piperidine rings is 1. The Hall–Kier alpha value is -1.64. The zero-order chi connectivity index (χ0) is 20.1. The van der Waals surface area contributed by atoms with Crippen molar-refractivity contribution in [2.24, 2.45) is 5.92 Å². The average Bonchev–Trinajstić information content (AvgIpc) is 2.97. The molecule has 0 amide bonds. The molecule has 2 aliphatic heterocycles. The highest BCUT2D eigenvalue weighted by Gasteiger charge is 2.41. The van der Waals surface area contributed by atoms with Gasteiger partial charge in [-0.2, -0.15) is 0 Å². The Morgan fingerprint density at radius 3 is 2.14 bits per heavy atom. The van der Waals surface area contributed by atoms with E-state index in [9.17, 15) is 0 Å². The van der Waals surface area contributed by atoms with Gasteiger partial charge in [-0.15, -0.1) is 0 Å². The number of aryl methyl sites for hydroxylation is 1. The minimum atomic E-state index is 0.241. The molecule has 2 heterocycles. The van der Waals surface area contributed by atoms with Crippen LogP contribution in [0.2, 0.25) is 0 Å². The second-order valence-electron chi connectivity index (χ2n) is 9.47. The fourth-order valence-corrected chi connectivity index (χ4v) is 5.41. The molecule has 2 fully saturated rings. The highest BCUT2D eigenvalue weighted by molar-refractivity contribution is 5.18. The van der Waals surface area contributed by atoms with Crippen LogP contribution in [0.3, 0.4) is 0 Å². The number of ether oxygens (including phenoxy) is 1. The summed E-state index contributed by atoms with van der Waals surface area (Å²) < 4.78 is 6.76. The molecular formula is C27H37NO. The molecule has 0 N–H and O–H groups in total. The Morgan fingerprint density at radius 2 is 1.52 bits per heavy atom. The van der Waals surface area contributed by atoms with Gasteiger partial charge in [0.15, 0.2) is 0 Å². The van der Waals surface area contributed by atoms with E-state index in [1.807, 2.05) is 0 Å². The maximum atomic E-state index is 6.76. The molecule has 4 atom stereocenters. The summed E-state index contributed by atoms with van der Waals surface area (Å²) >= 11 is 0. The van der Waals surface area contributed by atoms with Crippen LogP contribution in [0.4, 0.5) is 0 Å². The Balaban J connectivity index is 1.32. The van der Waals surface area contributed by atoms with Crippen molar-refractivity contribution in [2.75, 3.05) is 6.54 Å². The van der Waals surface area contributed by atoms with Gasteiger partial charge in [-0.05, 0) is 68.5 Å². The summed E-state index contributed by atoms with van der Waals surface area (Å²) in [5, 5.41) is 0. The normalized spacial score (nSPS) is 25.4. The van der Waals surface area contributed by atoms with Crippen LogP contribution in [0.1, 0.15) is 69.6 Å². The Bertz CT molecular complexity index is 715. The van der Waals surface area contributed by atoms with E-state index in [1.165, 1.54) is 56.2 Å². The lowest BCUT2D eigenvalue weighted by atomic mass is 9.96. The summed E-state index contributed by atoms with van der Waals surface area (Å²) in [7, 11) is 0. The van der Waals surface area contributed by atoms with E-state index in [0.717, 1.165) is 18.5 Å². The largest absolute Gasteiger partial charge is 0.370 e. The number of rotatable bonds is 9. The summed E-state index contributed by atoms with van der Waals surface area (Å²) in [6.07, 6.45) is 9.37. The van der Waals surface area contributed by atoms with Crippen molar-refractivity contribution in [3.05, 3.63) is 71.8 Å². The van der Waals surface area contributed by atoms with Gasteiger partial charge in [0.1, 0.15) is 0 Å². The number of hydrogen-bond donors (Lipinski definition) is 0. The fraction of sp³-hybridized carbons (Fsp3) is 0.556. The zero-order valence-electron chi connectivity index (χ0n) is 18.2. The van der Waals surface area contributed by atoms with E-state index < -0.39 is 0 Å². The maximum absolute atomic E-state index is 6.76. The van der Waals surface area contributed by atoms with E-state index >= 15 is 0 Å². The average molecular weight is 392 g/mol. The second-order valence-corrected chi connectivity index (χ2v) is 9.47. The topological polar surface area (TPSA) is 12.5 Å². The molecule has 2 aliphatic rings. The maximum Gasteiger partial charge on any atom is 0.0831 e. The van der Waals surface area contributed by atoms with Crippen LogP contribution >= 0.6 is 0 Å². The summed E-state index contributed by atoms with van der Waals surface area (Å²) in [5.74, 6) is 0.648. The van der Waals surface area contributed by atoms with Crippen LogP contribution in [-0.4, -0.2) is 29.6 Å². The molecule has 4 rings (SSSR count). The molecule has 2 nitrogen and oxygen atoms in total. The molecule has 2 heteroatoms. The third-order valence-electron chi connectivity index (χ3n) is 6.78. The van der Waals surface area contributed by atoms with Gasteiger partial charge in [0.25, 0.3) is 0 Å². The van der Waals surface area contributed by atoms with E-state index in [1.54, 1.807) is 0 Å². The number of benzene rings is 2. The van der Waals surface area contributed by atoms with Crippen molar-refractivity contribution in [1.82, 2.24) is 4.90 Å². The van der Waals surface area contributed by atoms with Gasteiger partial charge in [-0.25, -0.2) is 0 Å². The third-order valence-corrected chi connectivity index (χ3v) is 6.78. The number of hydrogen-bond acceptors (Lipinski definition) is 2. The standard InChI is InChI=1S/C27H37NO/c1-21(2)18-27(23-13-7-4-8-14-23)29-26-19-24-15-16-25(20-26)28(24)17-9-12-22-10-5-3-6-11-22/h3-8,10-11,13-14,21,24-27H,9,12,15-20H2,1-2H3/t24-,25+,26?,27?. The second kappa shape index (κ2) is 9.91. The molecule has 2 aromatic rings. The molecule has 0 aliphatic carbocycles. The lowest BCUT2D eigenvalue weighted by Crippen LogP contribution is -2.46.